The zero-order valence-corrected chi connectivity index (χ0v) is 14.4. The van der Waals surface area contributed by atoms with Gasteiger partial charge in [0.25, 0.3) is 0 Å². The summed E-state index contributed by atoms with van der Waals surface area (Å²) in [5, 5.41) is 12.2. The van der Waals surface area contributed by atoms with Crippen molar-refractivity contribution >= 4 is 11.9 Å². The molecule has 2 atom stereocenters. The number of benzene rings is 2. The lowest BCUT2D eigenvalue weighted by Crippen LogP contribution is -2.36. The molecule has 0 spiro atoms. The number of carboxylic acid groups (broad SMARTS) is 1. The van der Waals surface area contributed by atoms with Crippen LogP contribution in [0.5, 0.6) is 5.75 Å². The van der Waals surface area contributed by atoms with Crippen LogP contribution in [-0.4, -0.2) is 30.6 Å². The number of hydrogen-bond acceptors (Lipinski definition) is 3. The molecule has 0 heterocycles. The Hall–Kier alpha value is -2.82. The van der Waals surface area contributed by atoms with E-state index in [0.717, 1.165) is 11.1 Å². The minimum Gasteiger partial charge on any atom is -0.496 e. The van der Waals surface area contributed by atoms with Crippen LogP contribution >= 0.6 is 0 Å². The van der Waals surface area contributed by atoms with E-state index in [9.17, 15) is 14.7 Å². The second-order valence-corrected chi connectivity index (χ2v) is 5.93. The second kappa shape index (κ2) is 8.87. The van der Waals surface area contributed by atoms with Crippen molar-refractivity contribution in [3.63, 3.8) is 0 Å². The van der Waals surface area contributed by atoms with Crippen molar-refractivity contribution in [1.82, 2.24) is 5.32 Å². The number of hydrogen-bond donors (Lipinski definition) is 2. The largest absolute Gasteiger partial charge is 0.496 e. The molecule has 5 heteroatoms. The number of methoxy groups -OCH3 is 1. The van der Waals surface area contributed by atoms with E-state index in [2.05, 4.69) is 5.32 Å². The standard InChI is InChI=1S/C20H23NO4/c1-14(15-8-4-3-5-9-15)19(22)21-13-17(20(23)24)12-16-10-6-7-11-18(16)25-2/h3-11,14,17H,12-13H2,1-2H3,(H,21,22)(H,23,24)/t14-,17?/m1/s1. The Morgan fingerprint density at radius 1 is 1.08 bits per heavy atom. The number of para-hydroxylation sites is 1. The maximum absolute atomic E-state index is 12.3. The van der Waals surface area contributed by atoms with E-state index < -0.39 is 11.9 Å². The molecule has 2 rings (SSSR count). The molecule has 0 aromatic heterocycles. The Labute approximate surface area is 147 Å². The third-order valence-corrected chi connectivity index (χ3v) is 4.22. The molecule has 0 aliphatic carbocycles. The van der Waals surface area contributed by atoms with Gasteiger partial charge in [-0.1, -0.05) is 48.5 Å². The molecule has 0 saturated heterocycles. The molecule has 132 valence electrons. The number of carbonyl (C=O) groups excluding carboxylic acids is 1. The number of carbonyl (C=O) groups is 2. The quantitative estimate of drug-likeness (QED) is 0.774. The smallest absolute Gasteiger partial charge is 0.308 e. The van der Waals surface area contributed by atoms with Gasteiger partial charge in [0.2, 0.25) is 5.91 Å². The van der Waals surface area contributed by atoms with Crippen molar-refractivity contribution in [1.29, 1.82) is 0 Å². The summed E-state index contributed by atoms with van der Waals surface area (Å²) in [4.78, 5) is 23.9. The second-order valence-electron chi connectivity index (χ2n) is 5.93. The van der Waals surface area contributed by atoms with Crippen molar-refractivity contribution in [3.05, 3.63) is 65.7 Å². The normalized spacial score (nSPS) is 12.9. The first-order valence-electron chi connectivity index (χ1n) is 8.20. The molecule has 0 radical (unpaired) electrons. The maximum Gasteiger partial charge on any atom is 0.308 e. The average Bonchev–Trinajstić information content (AvgIpc) is 2.64. The van der Waals surface area contributed by atoms with Gasteiger partial charge in [0.05, 0.1) is 18.9 Å². The number of ether oxygens (including phenoxy) is 1. The molecule has 0 bridgehead atoms. The number of amides is 1. The van der Waals surface area contributed by atoms with Gasteiger partial charge in [-0.2, -0.15) is 0 Å². The van der Waals surface area contributed by atoms with Crippen LogP contribution in [0, 0.1) is 5.92 Å². The first-order chi connectivity index (χ1) is 12.0. The molecule has 1 amide bonds. The number of aliphatic carboxylic acids is 1. The lowest BCUT2D eigenvalue weighted by molar-refractivity contribution is -0.141. The van der Waals surface area contributed by atoms with Gasteiger partial charge in [-0.3, -0.25) is 9.59 Å². The minimum atomic E-state index is -0.946. The molecule has 5 nitrogen and oxygen atoms in total. The van der Waals surface area contributed by atoms with Crippen LogP contribution in [0.4, 0.5) is 0 Å². The molecule has 0 aliphatic rings. The Morgan fingerprint density at radius 2 is 1.72 bits per heavy atom. The Morgan fingerprint density at radius 3 is 2.36 bits per heavy atom. The Balaban J connectivity index is 2.00. The fraction of sp³-hybridized carbons (Fsp3) is 0.300. The van der Waals surface area contributed by atoms with Crippen LogP contribution in [0.2, 0.25) is 0 Å². The van der Waals surface area contributed by atoms with Gasteiger partial charge in [0.1, 0.15) is 5.75 Å². The maximum atomic E-state index is 12.3. The van der Waals surface area contributed by atoms with Crippen LogP contribution in [0.3, 0.4) is 0 Å². The van der Waals surface area contributed by atoms with E-state index in [0.29, 0.717) is 12.2 Å². The van der Waals surface area contributed by atoms with Gasteiger partial charge in [0.15, 0.2) is 0 Å². The van der Waals surface area contributed by atoms with Crippen LogP contribution < -0.4 is 10.1 Å². The van der Waals surface area contributed by atoms with E-state index in [1.54, 1.807) is 20.1 Å². The van der Waals surface area contributed by atoms with Crippen molar-refractivity contribution in [2.45, 2.75) is 19.3 Å². The third kappa shape index (κ3) is 5.08. The van der Waals surface area contributed by atoms with E-state index in [-0.39, 0.29) is 18.4 Å². The van der Waals surface area contributed by atoms with Crippen molar-refractivity contribution in [2.24, 2.45) is 5.92 Å². The van der Waals surface area contributed by atoms with Crippen LogP contribution in [0.15, 0.2) is 54.6 Å². The van der Waals surface area contributed by atoms with Gasteiger partial charge in [-0.25, -0.2) is 0 Å². The highest BCUT2D eigenvalue weighted by molar-refractivity contribution is 5.83. The average molecular weight is 341 g/mol. The summed E-state index contributed by atoms with van der Waals surface area (Å²) in [6, 6.07) is 16.7. The summed E-state index contributed by atoms with van der Waals surface area (Å²) < 4.78 is 5.27. The summed E-state index contributed by atoms with van der Waals surface area (Å²) in [6.07, 6.45) is 0.291. The Kier molecular flexibility index (Phi) is 6.57. The van der Waals surface area contributed by atoms with E-state index in [1.807, 2.05) is 48.5 Å². The molecule has 2 aromatic rings. The monoisotopic (exact) mass is 341 g/mol. The molecule has 1 unspecified atom stereocenters. The number of rotatable bonds is 8. The molecular weight excluding hydrogens is 318 g/mol. The summed E-state index contributed by atoms with van der Waals surface area (Å²) in [7, 11) is 1.55. The van der Waals surface area contributed by atoms with Gasteiger partial charge in [0, 0.05) is 6.54 Å². The summed E-state index contributed by atoms with van der Waals surface area (Å²) in [5.74, 6) is -1.53. The van der Waals surface area contributed by atoms with Gasteiger partial charge in [-0.05, 0) is 30.5 Å². The molecule has 0 saturated carbocycles. The topological polar surface area (TPSA) is 75.6 Å². The van der Waals surface area contributed by atoms with Crippen molar-refractivity contribution in [2.75, 3.05) is 13.7 Å². The predicted molar refractivity (Wildman–Crippen MR) is 95.7 cm³/mol. The first kappa shape index (κ1) is 18.5. The number of carboxylic acids is 1. The molecule has 0 aliphatic heterocycles. The lowest BCUT2D eigenvalue weighted by atomic mass is 9.97. The van der Waals surface area contributed by atoms with E-state index >= 15 is 0 Å². The highest BCUT2D eigenvalue weighted by atomic mass is 16.5. The summed E-state index contributed by atoms with van der Waals surface area (Å²) >= 11 is 0. The van der Waals surface area contributed by atoms with Gasteiger partial charge >= 0.3 is 5.97 Å². The Bertz CT molecular complexity index is 715. The van der Waals surface area contributed by atoms with Crippen molar-refractivity contribution in [3.8, 4) is 5.75 Å². The van der Waals surface area contributed by atoms with E-state index in [4.69, 9.17) is 4.74 Å². The minimum absolute atomic E-state index is 0.0728. The summed E-state index contributed by atoms with van der Waals surface area (Å²) in [6.45, 7) is 1.88. The van der Waals surface area contributed by atoms with Crippen LogP contribution in [-0.2, 0) is 16.0 Å². The fourth-order valence-corrected chi connectivity index (χ4v) is 2.65. The zero-order valence-electron chi connectivity index (χ0n) is 14.4. The lowest BCUT2D eigenvalue weighted by Gasteiger charge is -2.17. The zero-order chi connectivity index (χ0) is 18.2. The highest BCUT2D eigenvalue weighted by Gasteiger charge is 2.22. The van der Waals surface area contributed by atoms with Gasteiger partial charge < -0.3 is 15.2 Å². The van der Waals surface area contributed by atoms with E-state index in [1.165, 1.54) is 0 Å². The first-order valence-corrected chi connectivity index (χ1v) is 8.20. The third-order valence-electron chi connectivity index (χ3n) is 4.22. The summed E-state index contributed by atoms with van der Waals surface area (Å²) in [5.41, 5.74) is 1.71. The fourth-order valence-electron chi connectivity index (χ4n) is 2.65. The molecule has 2 aromatic carbocycles. The SMILES string of the molecule is COc1ccccc1CC(CNC(=O)[C@H](C)c1ccccc1)C(=O)O. The number of nitrogens with one attached hydrogen (secondary N) is 1. The molecule has 2 N–H and O–H groups in total. The van der Waals surface area contributed by atoms with Gasteiger partial charge in [-0.15, -0.1) is 0 Å². The highest BCUT2D eigenvalue weighted by Crippen LogP contribution is 2.21. The van der Waals surface area contributed by atoms with Crippen LogP contribution in [0.1, 0.15) is 24.0 Å². The van der Waals surface area contributed by atoms with Crippen molar-refractivity contribution < 1.29 is 19.4 Å². The predicted octanol–water partition coefficient (Wildman–Crippen LogP) is 2.86. The van der Waals surface area contributed by atoms with Crippen LogP contribution in [0.25, 0.3) is 0 Å². The molecular formula is C20H23NO4. The molecule has 25 heavy (non-hydrogen) atoms. The molecule has 0 fully saturated rings.